The van der Waals surface area contributed by atoms with Crippen LogP contribution in [-0.4, -0.2) is 43.0 Å². The number of pyridine rings is 2. The van der Waals surface area contributed by atoms with E-state index in [2.05, 4.69) is 20.6 Å². The second-order valence-corrected chi connectivity index (χ2v) is 11.4. The molecule has 0 unspecified atom stereocenters. The van der Waals surface area contributed by atoms with Crippen molar-refractivity contribution >= 4 is 34.4 Å². The van der Waals surface area contributed by atoms with Crippen LogP contribution in [0.4, 0.5) is 8.78 Å². The summed E-state index contributed by atoms with van der Waals surface area (Å²) in [5.41, 5.74) is 1.41. The molecule has 2 fully saturated rings. The summed E-state index contributed by atoms with van der Waals surface area (Å²) in [6.45, 7) is 0.496. The lowest BCUT2D eigenvalue weighted by Gasteiger charge is -2.29. The predicted molar refractivity (Wildman–Crippen MR) is 153 cm³/mol. The lowest BCUT2D eigenvalue weighted by molar-refractivity contribution is 0.0903. The van der Waals surface area contributed by atoms with Gasteiger partial charge in [-0.15, -0.1) is 0 Å². The first-order chi connectivity index (χ1) is 20.3. The summed E-state index contributed by atoms with van der Waals surface area (Å²) in [6, 6.07) is 12.2. The molecule has 6 rings (SSSR count). The molecule has 2 N–H and O–H groups in total. The Morgan fingerprint density at radius 2 is 1.57 bits per heavy atom. The van der Waals surface area contributed by atoms with Crippen LogP contribution in [0.2, 0.25) is 5.02 Å². The number of aromatic nitrogens is 4. The van der Waals surface area contributed by atoms with E-state index in [9.17, 15) is 23.2 Å². The zero-order chi connectivity index (χ0) is 29.4. The van der Waals surface area contributed by atoms with Crippen LogP contribution in [0.25, 0.3) is 16.7 Å². The molecule has 9 nitrogen and oxygen atoms in total. The fourth-order valence-electron chi connectivity index (χ4n) is 5.59. The third-order valence-electron chi connectivity index (χ3n) is 7.95. The van der Waals surface area contributed by atoms with E-state index >= 15 is 0 Å². The van der Waals surface area contributed by atoms with Crippen molar-refractivity contribution in [3.05, 3.63) is 87.3 Å². The van der Waals surface area contributed by atoms with Crippen molar-refractivity contribution in [2.24, 2.45) is 5.92 Å². The number of carbonyl (C=O) groups is 2. The van der Waals surface area contributed by atoms with E-state index in [0.717, 1.165) is 42.9 Å². The number of para-hydroxylation sites is 2. The molecule has 2 aliphatic rings. The molecule has 2 amide bonds. The van der Waals surface area contributed by atoms with Crippen LogP contribution in [-0.2, 0) is 6.54 Å². The van der Waals surface area contributed by atoms with Crippen LogP contribution >= 0.6 is 11.6 Å². The maximum atomic E-state index is 13.7. The van der Waals surface area contributed by atoms with Gasteiger partial charge in [-0.05, 0) is 74.8 Å². The van der Waals surface area contributed by atoms with E-state index in [1.807, 2.05) is 24.3 Å². The summed E-state index contributed by atoms with van der Waals surface area (Å²) in [7, 11) is 0. The molecule has 4 aromatic rings. The molecule has 0 atom stereocenters. The van der Waals surface area contributed by atoms with Crippen molar-refractivity contribution in [2.75, 3.05) is 0 Å². The average Bonchev–Trinajstić information content (AvgIpc) is 3.76. The topological polar surface area (TPSA) is 111 Å². The fraction of sp³-hybridized carbons (Fsp3) is 0.367. The average molecular weight is 595 g/mol. The summed E-state index contributed by atoms with van der Waals surface area (Å²) in [5, 5.41) is 5.89. The molecule has 0 saturated heterocycles. The molecule has 0 bridgehead atoms. The van der Waals surface area contributed by atoms with Gasteiger partial charge in [-0.1, -0.05) is 23.7 Å². The Balaban J connectivity index is 1.15. The number of rotatable bonds is 8. The predicted octanol–water partition coefficient (Wildman–Crippen LogP) is 5.05. The van der Waals surface area contributed by atoms with E-state index in [1.165, 1.54) is 6.07 Å². The standard InChI is InChI=1S/C30H29ClF2N6O3/c31-18-13-22(26(27(32)33)35-14-18)28(40)36-19-7-5-17(6-8-19)16-38-24-3-1-2-4-25(24)39(30(38)42)21-11-12-23(34-15-21)29(41)37-20-9-10-20/h1-4,11-15,17,19-20,27H,5-10,16H2,(H,36,40)(H,37,41). The minimum absolute atomic E-state index is 0.115. The number of nitrogens with one attached hydrogen (secondary N) is 2. The van der Waals surface area contributed by atoms with Crippen LogP contribution in [0.5, 0.6) is 0 Å². The molecule has 3 heterocycles. The van der Waals surface area contributed by atoms with Crippen molar-refractivity contribution in [3.8, 4) is 5.69 Å². The normalized spacial score (nSPS) is 18.8. The summed E-state index contributed by atoms with van der Waals surface area (Å²) >= 11 is 5.90. The van der Waals surface area contributed by atoms with Crippen LogP contribution in [0.3, 0.4) is 0 Å². The molecule has 3 aromatic heterocycles. The van der Waals surface area contributed by atoms with Gasteiger partial charge in [-0.3, -0.25) is 23.7 Å². The van der Waals surface area contributed by atoms with Gasteiger partial charge < -0.3 is 10.6 Å². The number of halogens is 3. The van der Waals surface area contributed by atoms with Crippen LogP contribution < -0.4 is 16.3 Å². The first-order valence-corrected chi connectivity index (χ1v) is 14.4. The zero-order valence-corrected chi connectivity index (χ0v) is 23.4. The molecule has 0 spiro atoms. The number of hydrogen-bond acceptors (Lipinski definition) is 5. The molecule has 2 saturated carbocycles. The molecule has 0 radical (unpaired) electrons. The number of alkyl halides is 2. The molecule has 218 valence electrons. The number of benzene rings is 1. The molecule has 42 heavy (non-hydrogen) atoms. The van der Waals surface area contributed by atoms with Crippen LogP contribution in [0.15, 0.2) is 59.7 Å². The zero-order valence-electron chi connectivity index (χ0n) is 22.6. The molecule has 2 aliphatic carbocycles. The first-order valence-electron chi connectivity index (χ1n) is 14.0. The SMILES string of the molecule is O=C(NC1CC1)c1ccc(-n2c(=O)n(CC3CCC(NC(=O)c4cc(Cl)cnc4C(F)F)CC3)c3ccccc32)cn1. The van der Waals surface area contributed by atoms with E-state index in [4.69, 9.17) is 11.6 Å². The molecular formula is C30H29ClF2N6O3. The maximum Gasteiger partial charge on any atom is 0.333 e. The third kappa shape index (κ3) is 5.78. The number of hydrogen-bond donors (Lipinski definition) is 2. The maximum absolute atomic E-state index is 13.7. The van der Waals surface area contributed by atoms with E-state index in [0.29, 0.717) is 30.8 Å². The number of amides is 2. The van der Waals surface area contributed by atoms with Gasteiger partial charge >= 0.3 is 5.69 Å². The lowest BCUT2D eigenvalue weighted by atomic mass is 9.85. The van der Waals surface area contributed by atoms with E-state index in [1.54, 1.807) is 27.5 Å². The number of carbonyl (C=O) groups excluding carboxylic acids is 2. The van der Waals surface area contributed by atoms with Crippen molar-refractivity contribution < 1.29 is 18.4 Å². The van der Waals surface area contributed by atoms with Crippen LogP contribution in [0, 0.1) is 5.92 Å². The van der Waals surface area contributed by atoms with Gasteiger partial charge in [0.25, 0.3) is 18.2 Å². The Morgan fingerprint density at radius 1 is 0.905 bits per heavy atom. The van der Waals surface area contributed by atoms with Crippen molar-refractivity contribution in [1.82, 2.24) is 29.7 Å². The molecule has 1 aromatic carbocycles. The summed E-state index contributed by atoms with van der Waals surface area (Å²) < 4.78 is 30.1. The van der Waals surface area contributed by atoms with Crippen molar-refractivity contribution in [1.29, 1.82) is 0 Å². The smallest absolute Gasteiger partial charge is 0.333 e. The number of fused-ring (bicyclic) bond motifs is 1. The van der Waals surface area contributed by atoms with Crippen molar-refractivity contribution in [2.45, 2.75) is 63.6 Å². The molecule has 12 heteroatoms. The summed E-state index contributed by atoms with van der Waals surface area (Å²) in [5.74, 6) is -0.650. The Kier molecular flexibility index (Phi) is 7.76. The number of imidazole rings is 1. The third-order valence-corrected chi connectivity index (χ3v) is 8.15. The Bertz CT molecular complexity index is 1690. The highest BCUT2D eigenvalue weighted by Gasteiger charge is 2.28. The largest absolute Gasteiger partial charge is 0.349 e. The van der Waals surface area contributed by atoms with Gasteiger partial charge in [0.2, 0.25) is 0 Å². The highest BCUT2D eigenvalue weighted by Crippen LogP contribution is 2.29. The van der Waals surface area contributed by atoms with E-state index < -0.39 is 18.0 Å². The van der Waals surface area contributed by atoms with Gasteiger partial charge in [0, 0.05) is 24.8 Å². The van der Waals surface area contributed by atoms with Crippen LogP contribution in [0.1, 0.15) is 71.5 Å². The van der Waals surface area contributed by atoms with Gasteiger partial charge in [0.05, 0.1) is 33.5 Å². The summed E-state index contributed by atoms with van der Waals surface area (Å²) in [6.07, 6.45) is 4.52. The Morgan fingerprint density at radius 3 is 2.21 bits per heavy atom. The minimum Gasteiger partial charge on any atom is -0.349 e. The summed E-state index contributed by atoms with van der Waals surface area (Å²) in [4.78, 5) is 46.8. The van der Waals surface area contributed by atoms with Gasteiger partial charge in [0.15, 0.2) is 0 Å². The molecular weight excluding hydrogens is 566 g/mol. The second kappa shape index (κ2) is 11.6. The van der Waals surface area contributed by atoms with E-state index in [-0.39, 0.29) is 40.2 Å². The quantitative estimate of drug-likeness (QED) is 0.296. The monoisotopic (exact) mass is 594 g/mol. The Labute approximate surface area is 244 Å². The second-order valence-electron chi connectivity index (χ2n) is 10.9. The highest BCUT2D eigenvalue weighted by atomic mass is 35.5. The lowest BCUT2D eigenvalue weighted by Crippen LogP contribution is -2.39. The van der Waals surface area contributed by atoms with Gasteiger partial charge in [-0.2, -0.15) is 0 Å². The number of nitrogens with zero attached hydrogens (tertiary/aromatic N) is 4. The minimum atomic E-state index is -2.89. The highest BCUT2D eigenvalue weighted by molar-refractivity contribution is 6.30. The van der Waals surface area contributed by atoms with Gasteiger partial charge in [0.1, 0.15) is 11.4 Å². The Hall–Kier alpha value is -4.12. The van der Waals surface area contributed by atoms with Gasteiger partial charge in [-0.25, -0.2) is 18.6 Å². The fourth-order valence-corrected chi connectivity index (χ4v) is 5.75. The first kappa shape index (κ1) is 28.0. The molecule has 0 aliphatic heterocycles. The van der Waals surface area contributed by atoms with Crippen molar-refractivity contribution in [3.63, 3.8) is 0 Å².